The molecule has 19 heavy (non-hydrogen) atoms. The molecule has 0 radical (unpaired) electrons. The Morgan fingerprint density at radius 1 is 1.16 bits per heavy atom. The highest BCUT2D eigenvalue weighted by Crippen LogP contribution is 2.22. The quantitative estimate of drug-likeness (QED) is 0.525. The van der Waals surface area contributed by atoms with Gasteiger partial charge < -0.3 is 0 Å². The first kappa shape index (κ1) is 14.9. The fourth-order valence-electron chi connectivity index (χ4n) is 1.60. The normalized spacial score (nSPS) is 10.4. The van der Waals surface area contributed by atoms with Gasteiger partial charge in [-0.15, -0.1) is 11.8 Å². The second kappa shape index (κ2) is 7.31. The van der Waals surface area contributed by atoms with Gasteiger partial charge in [0.1, 0.15) is 5.78 Å². The van der Waals surface area contributed by atoms with Crippen LogP contribution in [0.4, 0.5) is 0 Å². The van der Waals surface area contributed by atoms with Crippen LogP contribution in [0.25, 0.3) is 0 Å². The second-order valence-corrected chi connectivity index (χ2v) is 6.82. The molecule has 0 aliphatic carbocycles. The number of ketones is 1. The number of carbonyl (C=O) groups is 1. The number of benzene rings is 2. The SMILES string of the molecule is O=C(CSc1cccc(Cl)c1)Cc1ccc(I)cc1. The first-order chi connectivity index (χ1) is 9.13. The molecule has 0 heterocycles. The lowest BCUT2D eigenvalue weighted by Crippen LogP contribution is -2.05. The van der Waals surface area contributed by atoms with Crippen LogP contribution in [-0.4, -0.2) is 11.5 Å². The third-order valence-electron chi connectivity index (χ3n) is 2.51. The van der Waals surface area contributed by atoms with Gasteiger partial charge >= 0.3 is 0 Å². The van der Waals surface area contributed by atoms with Crippen LogP contribution in [0, 0.1) is 3.57 Å². The molecule has 0 spiro atoms. The van der Waals surface area contributed by atoms with E-state index in [1.807, 2.05) is 48.5 Å². The lowest BCUT2D eigenvalue weighted by Gasteiger charge is -2.03. The van der Waals surface area contributed by atoms with Gasteiger partial charge in [-0.25, -0.2) is 0 Å². The van der Waals surface area contributed by atoms with Crippen LogP contribution >= 0.6 is 46.0 Å². The first-order valence-electron chi connectivity index (χ1n) is 5.78. The number of halogens is 2. The average molecular weight is 403 g/mol. The predicted molar refractivity (Wildman–Crippen MR) is 90.0 cm³/mol. The molecule has 0 unspecified atom stereocenters. The van der Waals surface area contributed by atoms with E-state index in [-0.39, 0.29) is 5.78 Å². The van der Waals surface area contributed by atoms with Crippen LogP contribution in [0.1, 0.15) is 5.56 Å². The van der Waals surface area contributed by atoms with E-state index in [9.17, 15) is 4.79 Å². The number of thioether (sulfide) groups is 1. The van der Waals surface area contributed by atoms with Crippen molar-refractivity contribution in [2.75, 3.05) is 5.75 Å². The molecule has 2 rings (SSSR count). The molecule has 0 aliphatic heterocycles. The number of hydrogen-bond acceptors (Lipinski definition) is 2. The van der Waals surface area contributed by atoms with Crippen LogP contribution in [0.2, 0.25) is 5.02 Å². The number of Topliss-reactive ketones (excluding diaryl/α,β-unsaturated/α-hetero) is 1. The van der Waals surface area contributed by atoms with Gasteiger partial charge in [-0.2, -0.15) is 0 Å². The minimum atomic E-state index is 0.228. The van der Waals surface area contributed by atoms with Crippen LogP contribution < -0.4 is 0 Å². The van der Waals surface area contributed by atoms with Gasteiger partial charge in [0.05, 0.1) is 5.75 Å². The number of rotatable bonds is 5. The van der Waals surface area contributed by atoms with E-state index < -0.39 is 0 Å². The maximum Gasteiger partial charge on any atom is 0.147 e. The molecule has 0 bridgehead atoms. The van der Waals surface area contributed by atoms with Gasteiger partial charge in [0, 0.05) is 19.9 Å². The Kier molecular flexibility index (Phi) is 5.73. The molecule has 1 nitrogen and oxygen atoms in total. The third kappa shape index (κ3) is 5.16. The van der Waals surface area contributed by atoms with Gasteiger partial charge in [-0.05, 0) is 58.5 Å². The largest absolute Gasteiger partial charge is 0.298 e. The zero-order valence-electron chi connectivity index (χ0n) is 10.1. The lowest BCUT2D eigenvalue weighted by atomic mass is 10.1. The topological polar surface area (TPSA) is 17.1 Å². The van der Waals surface area contributed by atoms with E-state index in [4.69, 9.17) is 11.6 Å². The van der Waals surface area contributed by atoms with Crippen molar-refractivity contribution >= 4 is 51.7 Å². The molecule has 0 aromatic heterocycles. The summed E-state index contributed by atoms with van der Waals surface area (Å²) in [6.45, 7) is 0. The Morgan fingerprint density at radius 2 is 1.89 bits per heavy atom. The maximum atomic E-state index is 11.9. The summed E-state index contributed by atoms with van der Waals surface area (Å²) >= 11 is 9.69. The molecule has 0 atom stereocenters. The predicted octanol–water partition coefficient (Wildman–Crippen LogP) is 4.85. The van der Waals surface area contributed by atoms with E-state index in [1.54, 1.807) is 0 Å². The Balaban J connectivity index is 1.86. The van der Waals surface area contributed by atoms with Crippen LogP contribution in [0.15, 0.2) is 53.4 Å². The van der Waals surface area contributed by atoms with Crippen LogP contribution in [-0.2, 0) is 11.2 Å². The summed E-state index contributed by atoms with van der Waals surface area (Å²) in [6, 6.07) is 15.6. The average Bonchev–Trinajstić information content (AvgIpc) is 2.39. The van der Waals surface area contributed by atoms with E-state index in [1.165, 1.54) is 15.3 Å². The molecule has 0 fully saturated rings. The van der Waals surface area contributed by atoms with Gasteiger partial charge in [0.2, 0.25) is 0 Å². The van der Waals surface area contributed by atoms with Gasteiger partial charge in [-0.1, -0.05) is 29.8 Å². The number of hydrogen-bond donors (Lipinski definition) is 0. The molecular formula is C15H12ClIOS. The van der Waals surface area contributed by atoms with Crippen molar-refractivity contribution in [2.45, 2.75) is 11.3 Å². The fraction of sp³-hybridized carbons (Fsp3) is 0.133. The van der Waals surface area contributed by atoms with Crippen molar-refractivity contribution < 1.29 is 4.79 Å². The van der Waals surface area contributed by atoms with Crippen LogP contribution in [0.5, 0.6) is 0 Å². The summed E-state index contributed by atoms with van der Waals surface area (Å²) in [5, 5.41) is 0.704. The standard InChI is InChI=1S/C15H12ClIOS/c16-12-2-1-3-15(9-12)19-10-14(18)8-11-4-6-13(17)7-5-11/h1-7,9H,8,10H2. The van der Waals surface area contributed by atoms with E-state index in [2.05, 4.69) is 22.6 Å². The van der Waals surface area contributed by atoms with Crippen molar-refractivity contribution in [3.63, 3.8) is 0 Å². The first-order valence-corrected chi connectivity index (χ1v) is 8.22. The fourth-order valence-corrected chi connectivity index (χ4v) is 3.03. The van der Waals surface area contributed by atoms with E-state index in [0.29, 0.717) is 17.2 Å². The second-order valence-electron chi connectivity index (χ2n) is 4.09. The van der Waals surface area contributed by atoms with Crippen molar-refractivity contribution in [2.24, 2.45) is 0 Å². The van der Waals surface area contributed by atoms with Crippen molar-refractivity contribution in [3.05, 3.63) is 62.7 Å². The minimum Gasteiger partial charge on any atom is -0.298 e. The monoisotopic (exact) mass is 402 g/mol. The van der Waals surface area contributed by atoms with E-state index in [0.717, 1.165) is 10.5 Å². The lowest BCUT2D eigenvalue weighted by molar-refractivity contribution is -0.116. The summed E-state index contributed by atoms with van der Waals surface area (Å²) in [5.41, 5.74) is 1.07. The third-order valence-corrected chi connectivity index (χ3v) is 4.52. The molecular weight excluding hydrogens is 391 g/mol. The van der Waals surface area contributed by atoms with E-state index >= 15 is 0 Å². The van der Waals surface area contributed by atoms with Gasteiger partial charge in [-0.3, -0.25) is 4.79 Å². The molecule has 0 N–H and O–H groups in total. The molecule has 0 aliphatic rings. The summed E-state index contributed by atoms with van der Waals surface area (Å²) in [7, 11) is 0. The Morgan fingerprint density at radius 3 is 2.58 bits per heavy atom. The zero-order chi connectivity index (χ0) is 13.7. The van der Waals surface area contributed by atoms with Crippen molar-refractivity contribution in [3.8, 4) is 0 Å². The Labute approximate surface area is 135 Å². The highest BCUT2D eigenvalue weighted by atomic mass is 127. The minimum absolute atomic E-state index is 0.228. The summed E-state index contributed by atoms with van der Waals surface area (Å²) in [6.07, 6.45) is 0.491. The zero-order valence-corrected chi connectivity index (χ0v) is 13.8. The summed E-state index contributed by atoms with van der Waals surface area (Å²) < 4.78 is 1.18. The highest BCUT2D eigenvalue weighted by molar-refractivity contribution is 14.1. The molecule has 98 valence electrons. The molecule has 0 amide bonds. The van der Waals surface area contributed by atoms with Gasteiger partial charge in [0.15, 0.2) is 0 Å². The summed E-state index contributed by atoms with van der Waals surface area (Å²) in [5.74, 6) is 0.706. The molecule has 0 saturated carbocycles. The summed E-state index contributed by atoms with van der Waals surface area (Å²) in [4.78, 5) is 12.9. The van der Waals surface area contributed by atoms with Crippen molar-refractivity contribution in [1.82, 2.24) is 0 Å². The van der Waals surface area contributed by atoms with Crippen molar-refractivity contribution in [1.29, 1.82) is 0 Å². The van der Waals surface area contributed by atoms with Crippen LogP contribution in [0.3, 0.4) is 0 Å². The highest BCUT2D eigenvalue weighted by Gasteiger charge is 2.05. The smallest absolute Gasteiger partial charge is 0.147 e. The Bertz CT molecular complexity index is 569. The molecule has 2 aromatic rings. The molecule has 0 saturated heterocycles. The maximum absolute atomic E-state index is 11.9. The molecule has 4 heteroatoms. The Hall–Kier alpha value is -0.520. The molecule has 2 aromatic carbocycles. The number of carbonyl (C=O) groups excluding carboxylic acids is 1. The van der Waals surface area contributed by atoms with Gasteiger partial charge in [0.25, 0.3) is 0 Å².